The summed E-state index contributed by atoms with van der Waals surface area (Å²) in [4.78, 5) is 12.2. The molecule has 0 aliphatic carbocycles. The van der Waals surface area contributed by atoms with Crippen molar-refractivity contribution in [1.29, 1.82) is 0 Å². The van der Waals surface area contributed by atoms with Gasteiger partial charge in [0, 0.05) is 21.6 Å². The van der Waals surface area contributed by atoms with Crippen LogP contribution in [0.25, 0.3) is 10.8 Å². The summed E-state index contributed by atoms with van der Waals surface area (Å²) < 4.78 is 2.93. The number of fused-ring (bicyclic) bond motifs is 1. The first kappa shape index (κ1) is 14.7. The monoisotopic (exact) mass is 355 g/mol. The van der Waals surface area contributed by atoms with Crippen molar-refractivity contribution in [2.75, 3.05) is 5.32 Å². The Morgan fingerprint density at radius 3 is 2.68 bits per heavy atom. The molecule has 0 aliphatic rings. The number of carbonyl (C=O) groups is 1. The highest BCUT2D eigenvalue weighted by molar-refractivity contribution is 9.10. The predicted molar refractivity (Wildman–Crippen MR) is 91.7 cm³/mol. The average Bonchev–Trinajstić information content (AvgIpc) is 2.51. The van der Waals surface area contributed by atoms with Gasteiger partial charge in [-0.2, -0.15) is 4.57 Å². The lowest BCUT2D eigenvalue weighted by molar-refractivity contribution is -0.682. The van der Waals surface area contributed by atoms with E-state index in [0.29, 0.717) is 6.54 Å². The molecule has 0 radical (unpaired) electrons. The number of carbonyl (C=O) groups excluding carboxylic acids is 1. The van der Waals surface area contributed by atoms with Gasteiger partial charge in [-0.25, -0.2) is 0 Å². The molecule has 1 amide bonds. The normalized spacial score (nSPS) is 10.6. The highest BCUT2D eigenvalue weighted by Crippen LogP contribution is 2.19. The van der Waals surface area contributed by atoms with Crippen LogP contribution in [0.15, 0.2) is 65.4 Å². The van der Waals surface area contributed by atoms with Crippen LogP contribution in [-0.2, 0) is 11.3 Å². The number of hydrogen-bond acceptors (Lipinski definition) is 1. The fraction of sp³-hybridized carbons (Fsp3) is 0.111. The highest BCUT2D eigenvalue weighted by Gasteiger charge is 2.10. The number of aromatic nitrogens is 1. The number of anilines is 1. The van der Waals surface area contributed by atoms with Crippen LogP contribution in [0.5, 0.6) is 0 Å². The summed E-state index contributed by atoms with van der Waals surface area (Å²) in [5, 5.41) is 5.22. The SMILES string of the molecule is Cc1cc(NC(=O)C[n+]2ccc3ccccc3c2)ccc1Br. The molecule has 3 nitrogen and oxygen atoms in total. The maximum absolute atomic E-state index is 12.2. The van der Waals surface area contributed by atoms with Crippen molar-refractivity contribution >= 4 is 38.3 Å². The highest BCUT2D eigenvalue weighted by atomic mass is 79.9. The van der Waals surface area contributed by atoms with Crippen LogP contribution in [0.4, 0.5) is 5.69 Å². The third-order valence-electron chi connectivity index (χ3n) is 3.51. The van der Waals surface area contributed by atoms with E-state index in [1.54, 1.807) is 0 Å². The van der Waals surface area contributed by atoms with Gasteiger partial charge in [0.25, 0.3) is 5.91 Å². The Labute approximate surface area is 137 Å². The first-order chi connectivity index (χ1) is 10.6. The predicted octanol–water partition coefficient (Wildman–Crippen LogP) is 3.84. The van der Waals surface area contributed by atoms with Gasteiger partial charge in [-0.1, -0.05) is 34.1 Å². The van der Waals surface area contributed by atoms with Crippen LogP contribution in [0, 0.1) is 6.92 Å². The summed E-state index contributed by atoms with van der Waals surface area (Å²) in [6, 6.07) is 15.9. The van der Waals surface area contributed by atoms with Crippen LogP contribution < -0.4 is 9.88 Å². The second-order valence-electron chi connectivity index (χ2n) is 5.26. The second kappa shape index (κ2) is 6.28. The molecular weight excluding hydrogens is 340 g/mol. The van der Waals surface area contributed by atoms with E-state index in [1.165, 1.54) is 5.39 Å². The Morgan fingerprint density at radius 1 is 1.14 bits per heavy atom. The van der Waals surface area contributed by atoms with Crippen molar-refractivity contribution < 1.29 is 9.36 Å². The molecule has 1 aromatic heterocycles. The molecule has 0 atom stereocenters. The number of pyridine rings is 1. The minimum atomic E-state index is -0.0398. The van der Waals surface area contributed by atoms with Crippen LogP contribution in [-0.4, -0.2) is 5.91 Å². The summed E-state index contributed by atoms with van der Waals surface area (Å²) in [5.74, 6) is -0.0398. The number of rotatable bonds is 3. The van der Waals surface area contributed by atoms with Gasteiger partial charge in [0.05, 0.1) is 0 Å². The van der Waals surface area contributed by atoms with Gasteiger partial charge in [-0.3, -0.25) is 4.79 Å². The van der Waals surface area contributed by atoms with E-state index in [2.05, 4.69) is 27.3 Å². The van der Waals surface area contributed by atoms with E-state index in [-0.39, 0.29) is 5.91 Å². The summed E-state index contributed by atoms with van der Waals surface area (Å²) in [6.45, 7) is 2.29. The second-order valence-corrected chi connectivity index (χ2v) is 6.11. The van der Waals surface area contributed by atoms with E-state index in [0.717, 1.165) is 21.1 Å². The van der Waals surface area contributed by atoms with Crippen LogP contribution in [0.2, 0.25) is 0 Å². The zero-order chi connectivity index (χ0) is 15.5. The van der Waals surface area contributed by atoms with Gasteiger partial charge in [-0.15, -0.1) is 0 Å². The maximum Gasteiger partial charge on any atom is 0.290 e. The maximum atomic E-state index is 12.2. The lowest BCUT2D eigenvalue weighted by atomic mass is 10.2. The Balaban J connectivity index is 1.73. The van der Waals surface area contributed by atoms with Gasteiger partial charge >= 0.3 is 0 Å². The summed E-state index contributed by atoms with van der Waals surface area (Å²) >= 11 is 3.46. The van der Waals surface area contributed by atoms with Crippen molar-refractivity contribution in [3.63, 3.8) is 0 Å². The zero-order valence-corrected chi connectivity index (χ0v) is 13.8. The minimum Gasteiger partial charge on any atom is -0.321 e. The molecule has 0 bridgehead atoms. The molecule has 4 heteroatoms. The number of nitrogens with zero attached hydrogens (tertiary/aromatic N) is 1. The van der Waals surface area contributed by atoms with Crippen molar-refractivity contribution in [3.05, 3.63) is 71.0 Å². The molecule has 0 fully saturated rings. The fourth-order valence-corrected chi connectivity index (χ4v) is 2.61. The number of amides is 1. The molecule has 22 heavy (non-hydrogen) atoms. The molecule has 1 N–H and O–H groups in total. The molecule has 2 aromatic carbocycles. The van der Waals surface area contributed by atoms with E-state index >= 15 is 0 Å². The van der Waals surface area contributed by atoms with E-state index in [9.17, 15) is 4.79 Å². The molecule has 0 unspecified atom stereocenters. The molecule has 0 saturated carbocycles. The van der Waals surface area contributed by atoms with Crippen LogP contribution in [0.3, 0.4) is 0 Å². The van der Waals surface area contributed by atoms with Crippen molar-refractivity contribution in [3.8, 4) is 0 Å². The summed E-state index contributed by atoms with van der Waals surface area (Å²) in [6.07, 6.45) is 3.91. The molecule has 3 aromatic rings. The molecule has 0 spiro atoms. The molecule has 3 rings (SSSR count). The van der Waals surface area contributed by atoms with Crippen molar-refractivity contribution in [1.82, 2.24) is 0 Å². The van der Waals surface area contributed by atoms with E-state index in [1.807, 2.05) is 66.3 Å². The van der Waals surface area contributed by atoms with E-state index in [4.69, 9.17) is 0 Å². The van der Waals surface area contributed by atoms with Gasteiger partial charge in [0.15, 0.2) is 12.4 Å². The lowest BCUT2D eigenvalue weighted by Gasteiger charge is -2.05. The number of nitrogens with one attached hydrogen (secondary N) is 1. The fourth-order valence-electron chi connectivity index (χ4n) is 2.37. The third-order valence-corrected chi connectivity index (χ3v) is 4.40. The number of benzene rings is 2. The standard InChI is InChI=1S/C18H15BrN2O/c1-13-10-16(6-7-17(13)19)20-18(22)12-21-9-8-14-4-2-3-5-15(14)11-21/h2-11H,12H2,1H3/p+1. The number of hydrogen-bond donors (Lipinski definition) is 1. The van der Waals surface area contributed by atoms with Gasteiger partial charge in [0.2, 0.25) is 6.54 Å². The van der Waals surface area contributed by atoms with Gasteiger partial charge in [-0.05, 0) is 42.1 Å². The van der Waals surface area contributed by atoms with Crippen LogP contribution in [0.1, 0.15) is 5.56 Å². The lowest BCUT2D eigenvalue weighted by Crippen LogP contribution is -2.39. The molecule has 0 saturated heterocycles. The average molecular weight is 356 g/mol. The third kappa shape index (κ3) is 3.34. The quantitative estimate of drug-likeness (QED) is 0.711. The topological polar surface area (TPSA) is 33.0 Å². The van der Waals surface area contributed by atoms with E-state index < -0.39 is 0 Å². The molecular formula is C18H16BrN2O+. The Kier molecular flexibility index (Phi) is 4.20. The number of aryl methyl sites for hydroxylation is 1. The molecule has 1 heterocycles. The van der Waals surface area contributed by atoms with Crippen LogP contribution >= 0.6 is 15.9 Å². The zero-order valence-electron chi connectivity index (χ0n) is 12.2. The number of halogens is 1. The Hall–Kier alpha value is -2.20. The van der Waals surface area contributed by atoms with Crippen molar-refractivity contribution in [2.24, 2.45) is 0 Å². The molecule has 110 valence electrons. The minimum absolute atomic E-state index is 0.0398. The van der Waals surface area contributed by atoms with Gasteiger partial charge < -0.3 is 5.32 Å². The first-order valence-corrected chi connectivity index (χ1v) is 7.85. The summed E-state index contributed by atoms with van der Waals surface area (Å²) in [5.41, 5.74) is 1.91. The largest absolute Gasteiger partial charge is 0.321 e. The van der Waals surface area contributed by atoms with Gasteiger partial charge in [0.1, 0.15) is 0 Å². The molecule has 0 aliphatic heterocycles. The Morgan fingerprint density at radius 2 is 1.91 bits per heavy atom. The van der Waals surface area contributed by atoms with Crippen molar-refractivity contribution in [2.45, 2.75) is 13.5 Å². The Bertz CT molecular complexity index is 845. The smallest absolute Gasteiger partial charge is 0.290 e. The first-order valence-electron chi connectivity index (χ1n) is 7.06. The summed E-state index contributed by atoms with van der Waals surface area (Å²) in [7, 11) is 0.